The lowest BCUT2D eigenvalue weighted by molar-refractivity contribution is -0.384. The monoisotopic (exact) mass is 284 g/mol. The highest BCUT2D eigenvalue weighted by molar-refractivity contribution is 8.00. The van der Waals surface area contributed by atoms with Gasteiger partial charge in [0.25, 0.3) is 5.69 Å². The number of amides is 1. The molecule has 0 radical (unpaired) electrons. The number of hydrogen-bond acceptors (Lipinski definition) is 5. The van der Waals surface area contributed by atoms with E-state index in [0.29, 0.717) is 4.90 Å². The minimum absolute atomic E-state index is 0.0151. The first-order valence-electron chi connectivity index (χ1n) is 5.23. The second kappa shape index (κ2) is 6.74. The molecule has 1 N–H and O–H groups in total. The molecule has 7 nitrogen and oxygen atoms in total. The maximum Gasteiger partial charge on any atom is 0.323 e. The van der Waals surface area contributed by atoms with Gasteiger partial charge in [0, 0.05) is 24.1 Å². The zero-order valence-corrected chi connectivity index (χ0v) is 10.9. The molecule has 0 aliphatic carbocycles. The third kappa shape index (κ3) is 4.96. The third-order valence-electron chi connectivity index (χ3n) is 2.21. The number of carbonyl (C=O) groups excluding carboxylic acids is 1. The van der Waals surface area contributed by atoms with Crippen LogP contribution >= 0.6 is 11.8 Å². The zero-order chi connectivity index (χ0) is 14.4. The van der Waals surface area contributed by atoms with Gasteiger partial charge in [-0.05, 0) is 12.1 Å². The average molecular weight is 284 g/mol. The molecule has 19 heavy (non-hydrogen) atoms. The minimum atomic E-state index is -1.07. The maximum absolute atomic E-state index is 11.6. The van der Waals surface area contributed by atoms with Crippen molar-refractivity contribution in [3.8, 4) is 0 Å². The Morgan fingerprint density at radius 1 is 1.37 bits per heavy atom. The van der Waals surface area contributed by atoms with Crippen LogP contribution in [0.3, 0.4) is 0 Å². The highest BCUT2D eigenvalue weighted by atomic mass is 32.2. The summed E-state index contributed by atoms with van der Waals surface area (Å²) in [6, 6.07) is 5.81. The number of likely N-dealkylation sites (N-methyl/N-ethyl adjacent to an activating group) is 1. The summed E-state index contributed by atoms with van der Waals surface area (Å²) in [6.45, 7) is -0.348. The van der Waals surface area contributed by atoms with Crippen LogP contribution in [0.1, 0.15) is 0 Å². The normalized spacial score (nSPS) is 9.95. The number of thioether (sulfide) groups is 1. The highest BCUT2D eigenvalue weighted by Crippen LogP contribution is 2.21. The predicted molar refractivity (Wildman–Crippen MR) is 69.1 cm³/mol. The van der Waals surface area contributed by atoms with E-state index in [4.69, 9.17) is 5.11 Å². The fraction of sp³-hybridized carbons (Fsp3) is 0.273. The molecule has 102 valence electrons. The Morgan fingerprint density at radius 3 is 2.42 bits per heavy atom. The Bertz CT molecular complexity index is 488. The van der Waals surface area contributed by atoms with Gasteiger partial charge in [0.1, 0.15) is 6.54 Å². The molecule has 0 bridgehead atoms. The summed E-state index contributed by atoms with van der Waals surface area (Å²) >= 11 is 1.20. The van der Waals surface area contributed by atoms with Gasteiger partial charge >= 0.3 is 5.97 Å². The smallest absolute Gasteiger partial charge is 0.323 e. The Hall–Kier alpha value is -2.09. The molecule has 0 heterocycles. The summed E-state index contributed by atoms with van der Waals surface area (Å²) in [6.07, 6.45) is 0. The van der Waals surface area contributed by atoms with E-state index in [9.17, 15) is 19.7 Å². The molecule has 0 saturated carbocycles. The summed E-state index contributed by atoms with van der Waals surface area (Å²) in [5.41, 5.74) is -0.0151. The van der Waals surface area contributed by atoms with Gasteiger partial charge in [-0.25, -0.2) is 0 Å². The second-order valence-electron chi connectivity index (χ2n) is 3.68. The number of benzene rings is 1. The highest BCUT2D eigenvalue weighted by Gasteiger charge is 2.12. The Kier molecular flexibility index (Phi) is 5.31. The van der Waals surface area contributed by atoms with E-state index in [-0.39, 0.29) is 23.9 Å². The van der Waals surface area contributed by atoms with Crippen molar-refractivity contribution in [3.05, 3.63) is 34.4 Å². The van der Waals surface area contributed by atoms with Gasteiger partial charge in [-0.15, -0.1) is 11.8 Å². The van der Waals surface area contributed by atoms with E-state index in [0.717, 1.165) is 4.90 Å². The van der Waals surface area contributed by atoms with Gasteiger partial charge in [0.05, 0.1) is 10.7 Å². The Labute approximate surface area is 113 Å². The molecular weight excluding hydrogens is 272 g/mol. The van der Waals surface area contributed by atoms with Crippen LogP contribution < -0.4 is 0 Å². The first-order chi connectivity index (χ1) is 8.90. The summed E-state index contributed by atoms with van der Waals surface area (Å²) in [5.74, 6) is -1.30. The molecule has 0 unspecified atom stereocenters. The number of carbonyl (C=O) groups is 2. The van der Waals surface area contributed by atoms with Crippen molar-refractivity contribution in [2.24, 2.45) is 0 Å². The number of carboxylic acids is 1. The van der Waals surface area contributed by atoms with Crippen molar-refractivity contribution >= 4 is 29.3 Å². The standard InChI is InChI=1S/C11H12N2O5S/c1-12(6-11(15)16)10(14)7-19-9-4-2-8(3-5-9)13(17)18/h2-5H,6-7H2,1H3,(H,15,16). The SMILES string of the molecule is CN(CC(=O)O)C(=O)CSc1ccc([N+](=O)[O-])cc1. The number of rotatable bonds is 6. The number of hydrogen-bond donors (Lipinski definition) is 1. The second-order valence-corrected chi connectivity index (χ2v) is 4.73. The Morgan fingerprint density at radius 2 is 1.95 bits per heavy atom. The molecule has 1 rings (SSSR count). The van der Waals surface area contributed by atoms with E-state index < -0.39 is 10.9 Å². The molecule has 0 aliphatic rings. The van der Waals surface area contributed by atoms with Crippen molar-refractivity contribution in [2.45, 2.75) is 4.90 Å². The van der Waals surface area contributed by atoms with E-state index in [2.05, 4.69) is 0 Å². The van der Waals surface area contributed by atoms with E-state index in [1.165, 1.54) is 30.9 Å². The summed E-state index contributed by atoms with van der Waals surface area (Å²) in [4.78, 5) is 33.8. The van der Waals surface area contributed by atoms with Crippen LogP contribution in [0.2, 0.25) is 0 Å². The van der Waals surface area contributed by atoms with Crippen molar-refractivity contribution in [1.82, 2.24) is 4.90 Å². The molecule has 0 fully saturated rings. The number of aliphatic carboxylic acids is 1. The minimum Gasteiger partial charge on any atom is -0.480 e. The summed E-state index contributed by atoms with van der Waals surface area (Å²) in [5, 5.41) is 19.0. The quantitative estimate of drug-likeness (QED) is 0.479. The molecule has 0 saturated heterocycles. The number of carboxylic acid groups (broad SMARTS) is 1. The van der Waals surface area contributed by atoms with Crippen molar-refractivity contribution in [3.63, 3.8) is 0 Å². The molecule has 8 heteroatoms. The number of non-ortho nitro benzene ring substituents is 1. The number of nitro benzene ring substituents is 1. The lowest BCUT2D eigenvalue weighted by Crippen LogP contribution is -2.33. The van der Waals surface area contributed by atoms with Crippen LogP contribution in [0.15, 0.2) is 29.2 Å². The van der Waals surface area contributed by atoms with Gasteiger partial charge in [-0.2, -0.15) is 0 Å². The third-order valence-corrected chi connectivity index (χ3v) is 3.20. The Balaban J connectivity index is 2.50. The molecular formula is C11H12N2O5S. The fourth-order valence-electron chi connectivity index (χ4n) is 1.21. The molecule has 1 aromatic rings. The molecule has 0 aliphatic heterocycles. The van der Waals surface area contributed by atoms with Crippen LogP contribution in [0.4, 0.5) is 5.69 Å². The van der Waals surface area contributed by atoms with Crippen molar-refractivity contribution < 1.29 is 19.6 Å². The summed E-state index contributed by atoms with van der Waals surface area (Å²) in [7, 11) is 1.41. The molecule has 0 atom stereocenters. The topological polar surface area (TPSA) is 101 Å². The molecule has 0 spiro atoms. The van der Waals surface area contributed by atoms with Crippen LogP contribution in [-0.4, -0.2) is 46.2 Å². The zero-order valence-electron chi connectivity index (χ0n) is 10.1. The van der Waals surface area contributed by atoms with Gasteiger partial charge < -0.3 is 10.0 Å². The van der Waals surface area contributed by atoms with E-state index in [1.807, 2.05) is 0 Å². The lowest BCUT2D eigenvalue weighted by atomic mass is 10.3. The summed E-state index contributed by atoms with van der Waals surface area (Å²) < 4.78 is 0. The van der Waals surface area contributed by atoms with Gasteiger partial charge in [0.2, 0.25) is 5.91 Å². The molecule has 1 amide bonds. The van der Waals surface area contributed by atoms with Crippen LogP contribution in [0.5, 0.6) is 0 Å². The lowest BCUT2D eigenvalue weighted by Gasteiger charge is -2.13. The largest absolute Gasteiger partial charge is 0.480 e. The first-order valence-corrected chi connectivity index (χ1v) is 6.21. The van der Waals surface area contributed by atoms with Crippen LogP contribution in [0, 0.1) is 10.1 Å². The van der Waals surface area contributed by atoms with Crippen LogP contribution in [-0.2, 0) is 9.59 Å². The van der Waals surface area contributed by atoms with E-state index in [1.54, 1.807) is 12.1 Å². The number of nitro groups is 1. The first kappa shape index (κ1) is 15.0. The van der Waals surface area contributed by atoms with Crippen LogP contribution in [0.25, 0.3) is 0 Å². The fourth-order valence-corrected chi connectivity index (χ4v) is 2.05. The maximum atomic E-state index is 11.6. The number of nitrogens with zero attached hydrogens (tertiary/aromatic N) is 2. The predicted octanol–water partition coefficient (Wildman–Crippen LogP) is 1.23. The van der Waals surface area contributed by atoms with Gasteiger partial charge in [-0.1, -0.05) is 0 Å². The molecule has 1 aromatic carbocycles. The average Bonchev–Trinajstić information content (AvgIpc) is 2.35. The molecule has 0 aromatic heterocycles. The van der Waals surface area contributed by atoms with Gasteiger partial charge in [0.15, 0.2) is 0 Å². The van der Waals surface area contributed by atoms with Crippen molar-refractivity contribution in [1.29, 1.82) is 0 Å². The van der Waals surface area contributed by atoms with Crippen molar-refractivity contribution in [2.75, 3.05) is 19.3 Å². The van der Waals surface area contributed by atoms with E-state index >= 15 is 0 Å². The van der Waals surface area contributed by atoms with Gasteiger partial charge in [-0.3, -0.25) is 19.7 Å².